The maximum absolute atomic E-state index is 11.6. The topological polar surface area (TPSA) is 110 Å². The summed E-state index contributed by atoms with van der Waals surface area (Å²) in [6.45, 7) is 0. The molecule has 0 bridgehead atoms. The molecular formula is C10H12N4O3. The molecule has 0 amide bonds. The average Bonchev–Trinajstić information content (AvgIpc) is 2.33. The monoisotopic (exact) mass is 236 g/mol. The quantitative estimate of drug-likeness (QED) is 0.433. The van der Waals surface area contributed by atoms with Crippen molar-refractivity contribution in [2.45, 2.75) is 0 Å². The molecule has 0 saturated heterocycles. The van der Waals surface area contributed by atoms with Crippen LogP contribution < -0.4 is 25.8 Å². The fourth-order valence-corrected chi connectivity index (χ4v) is 1.75. The molecule has 0 aliphatic carbocycles. The number of nitrogen functional groups attached to an aromatic ring is 2. The van der Waals surface area contributed by atoms with Crippen LogP contribution in [-0.4, -0.2) is 19.3 Å². The normalized spacial score (nSPS) is 10.5. The number of nitrogens with two attached hydrogens (primary N) is 2. The average molecular weight is 236 g/mol. The second-order valence-corrected chi connectivity index (χ2v) is 3.36. The zero-order valence-electron chi connectivity index (χ0n) is 9.43. The number of fused-ring (bicyclic) bond motifs is 1. The third-order valence-corrected chi connectivity index (χ3v) is 2.51. The molecule has 0 atom stereocenters. The maximum atomic E-state index is 11.6. The van der Waals surface area contributed by atoms with Crippen molar-refractivity contribution >= 4 is 22.3 Å². The molecule has 0 unspecified atom stereocenters. The number of hydrogen-bond acceptors (Lipinski definition) is 6. The summed E-state index contributed by atoms with van der Waals surface area (Å²) in [5.41, 5.74) is 12.4. The summed E-state index contributed by atoms with van der Waals surface area (Å²) >= 11 is 0. The number of nitrogens with zero attached hydrogens (tertiary/aromatic N) is 2. The second kappa shape index (κ2) is 3.85. The Balaban J connectivity index is 2.99. The van der Waals surface area contributed by atoms with Gasteiger partial charge in [-0.2, -0.15) is 0 Å². The summed E-state index contributed by atoms with van der Waals surface area (Å²) < 4.78 is 10.2. The Morgan fingerprint density at radius 1 is 1.18 bits per heavy atom. The fraction of sp³-hybridized carbons (Fsp3) is 0.200. The summed E-state index contributed by atoms with van der Waals surface area (Å²) in [6, 6.07) is 1.59. The molecule has 0 saturated carbocycles. The lowest BCUT2D eigenvalue weighted by molar-refractivity contribution is -0.642. The van der Waals surface area contributed by atoms with Gasteiger partial charge in [-0.05, 0) is 10.9 Å². The zero-order valence-corrected chi connectivity index (χ0v) is 9.43. The Morgan fingerprint density at radius 3 is 2.35 bits per heavy atom. The van der Waals surface area contributed by atoms with Crippen molar-refractivity contribution in [1.29, 1.82) is 0 Å². The Hall–Kier alpha value is -2.44. The van der Waals surface area contributed by atoms with E-state index in [0.717, 1.165) is 0 Å². The Bertz CT molecular complexity index is 586. The van der Waals surface area contributed by atoms with Crippen LogP contribution >= 0.6 is 0 Å². The lowest BCUT2D eigenvalue weighted by Gasteiger charge is -2.14. The van der Waals surface area contributed by atoms with Crippen molar-refractivity contribution in [3.05, 3.63) is 17.5 Å². The first-order valence-corrected chi connectivity index (χ1v) is 4.79. The van der Waals surface area contributed by atoms with Crippen LogP contribution in [0.25, 0.3) is 10.9 Å². The van der Waals surface area contributed by atoms with E-state index in [1.807, 2.05) is 0 Å². The van der Waals surface area contributed by atoms with Gasteiger partial charge in [0.15, 0.2) is 17.2 Å². The van der Waals surface area contributed by atoms with Gasteiger partial charge in [0, 0.05) is 5.10 Å². The second-order valence-electron chi connectivity index (χ2n) is 3.36. The van der Waals surface area contributed by atoms with Crippen LogP contribution in [0.3, 0.4) is 0 Å². The number of benzene rings is 1. The minimum Gasteiger partial charge on any atom is -0.594 e. The van der Waals surface area contributed by atoms with Crippen LogP contribution in [0.2, 0.25) is 0 Å². The summed E-state index contributed by atoms with van der Waals surface area (Å²) in [7, 11) is 2.87. The van der Waals surface area contributed by atoms with E-state index in [1.165, 1.54) is 20.4 Å². The standard InChI is InChI=1S/C10H12N4O3/c1-16-9-6(11)5-3-4-13-14(15)8(5)7(12)10(9)17-2/h3-4H,11-12H2,1-2H3. The molecule has 2 rings (SSSR count). The molecule has 2 aromatic rings. The third-order valence-electron chi connectivity index (χ3n) is 2.51. The number of ether oxygens (including phenoxy) is 2. The molecule has 17 heavy (non-hydrogen) atoms. The lowest BCUT2D eigenvalue weighted by atomic mass is 10.1. The van der Waals surface area contributed by atoms with Gasteiger partial charge >= 0.3 is 0 Å². The van der Waals surface area contributed by atoms with E-state index in [0.29, 0.717) is 21.7 Å². The number of methoxy groups -OCH3 is 2. The summed E-state index contributed by atoms with van der Waals surface area (Å²) in [5.74, 6) is 0.541. The summed E-state index contributed by atoms with van der Waals surface area (Å²) in [4.78, 5) is 0.406. The largest absolute Gasteiger partial charge is 0.594 e. The molecule has 90 valence electrons. The molecule has 0 radical (unpaired) electrons. The summed E-state index contributed by atoms with van der Waals surface area (Å²) in [5, 5.41) is 15.6. The van der Waals surface area contributed by atoms with Crippen molar-refractivity contribution in [2.24, 2.45) is 0 Å². The van der Waals surface area contributed by atoms with E-state index in [1.54, 1.807) is 6.07 Å². The highest BCUT2D eigenvalue weighted by atomic mass is 16.5. The number of hydrogen-bond donors (Lipinski definition) is 2. The van der Waals surface area contributed by atoms with Gasteiger partial charge in [-0.15, -0.1) is 0 Å². The van der Waals surface area contributed by atoms with Gasteiger partial charge < -0.3 is 26.1 Å². The third kappa shape index (κ3) is 1.43. The minimum absolute atomic E-state index is 0.150. The van der Waals surface area contributed by atoms with Crippen LogP contribution in [0, 0.1) is 5.21 Å². The highest BCUT2D eigenvalue weighted by Crippen LogP contribution is 2.43. The van der Waals surface area contributed by atoms with E-state index in [9.17, 15) is 5.21 Å². The van der Waals surface area contributed by atoms with Gasteiger partial charge in [0.2, 0.25) is 0 Å². The first kappa shape index (κ1) is 11.1. The Kier molecular flexibility index (Phi) is 2.51. The van der Waals surface area contributed by atoms with Gasteiger partial charge in [-0.25, -0.2) is 0 Å². The predicted molar refractivity (Wildman–Crippen MR) is 62.6 cm³/mol. The molecule has 1 aromatic heterocycles. The van der Waals surface area contributed by atoms with Gasteiger partial charge in [0.25, 0.3) is 5.52 Å². The molecular weight excluding hydrogens is 224 g/mol. The van der Waals surface area contributed by atoms with E-state index in [-0.39, 0.29) is 17.0 Å². The van der Waals surface area contributed by atoms with Crippen LogP contribution in [0.1, 0.15) is 0 Å². The van der Waals surface area contributed by atoms with Crippen LogP contribution in [-0.2, 0) is 0 Å². The predicted octanol–water partition coefficient (Wildman–Crippen LogP) is 0.0498. The molecule has 1 aromatic carbocycles. The van der Waals surface area contributed by atoms with Crippen molar-refractivity contribution in [2.75, 3.05) is 25.7 Å². The first-order valence-electron chi connectivity index (χ1n) is 4.79. The van der Waals surface area contributed by atoms with Gasteiger partial charge in [-0.1, -0.05) is 0 Å². The molecule has 0 aliphatic rings. The SMILES string of the molecule is COc1c(OC)c(N)c2c(ccn[n+]2[O-])c1N. The molecule has 7 heteroatoms. The van der Waals surface area contributed by atoms with Crippen molar-refractivity contribution in [3.63, 3.8) is 0 Å². The van der Waals surface area contributed by atoms with Crippen molar-refractivity contribution < 1.29 is 14.3 Å². The van der Waals surface area contributed by atoms with E-state index in [2.05, 4.69) is 5.10 Å². The Labute approximate surface area is 97.1 Å². The van der Waals surface area contributed by atoms with Gasteiger partial charge in [-0.3, -0.25) is 0 Å². The van der Waals surface area contributed by atoms with E-state index >= 15 is 0 Å². The molecule has 1 heterocycles. The van der Waals surface area contributed by atoms with Crippen LogP contribution in [0.5, 0.6) is 11.5 Å². The van der Waals surface area contributed by atoms with Gasteiger partial charge in [0.05, 0.1) is 31.5 Å². The summed E-state index contributed by atoms with van der Waals surface area (Å²) in [6.07, 6.45) is 1.34. The van der Waals surface area contributed by atoms with E-state index in [4.69, 9.17) is 20.9 Å². The minimum atomic E-state index is 0.150. The smallest absolute Gasteiger partial charge is 0.281 e. The number of anilines is 2. The Morgan fingerprint density at radius 2 is 1.76 bits per heavy atom. The van der Waals surface area contributed by atoms with Crippen molar-refractivity contribution in [1.82, 2.24) is 5.10 Å². The lowest BCUT2D eigenvalue weighted by Crippen LogP contribution is -2.32. The zero-order chi connectivity index (χ0) is 12.6. The molecule has 0 aliphatic heterocycles. The van der Waals surface area contributed by atoms with E-state index < -0.39 is 0 Å². The van der Waals surface area contributed by atoms with Crippen LogP contribution in [0.15, 0.2) is 12.3 Å². The maximum Gasteiger partial charge on any atom is 0.281 e. The number of aromatic nitrogens is 2. The first-order chi connectivity index (χ1) is 8.11. The molecule has 4 N–H and O–H groups in total. The molecule has 7 nitrogen and oxygen atoms in total. The highest BCUT2D eigenvalue weighted by molar-refractivity contribution is 6.02. The van der Waals surface area contributed by atoms with Gasteiger partial charge in [0.1, 0.15) is 0 Å². The number of rotatable bonds is 2. The molecule has 0 fully saturated rings. The highest BCUT2D eigenvalue weighted by Gasteiger charge is 2.23. The fourth-order valence-electron chi connectivity index (χ4n) is 1.75. The van der Waals surface area contributed by atoms with Crippen molar-refractivity contribution in [3.8, 4) is 11.5 Å². The van der Waals surface area contributed by atoms with Crippen LogP contribution in [0.4, 0.5) is 11.4 Å². The molecule has 0 spiro atoms.